The van der Waals surface area contributed by atoms with E-state index in [2.05, 4.69) is 15.9 Å². The lowest BCUT2D eigenvalue weighted by Gasteiger charge is -2.09. The highest BCUT2D eigenvalue weighted by molar-refractivity contribution is 9.10. The summed E-state index contributed by atoms with van der Waals surface area (Å²) in [6.45, 7) is 1.92. The van der Waals surface area contributed by atoms with Gasteiger partial charge in [0.05, 0.1) is 0 Å². The fraction of sp³-hybridized carbons (Fsp3) is 0.0714. The van der Waals surface area contributed by atoms with Crippen molar-refractivity contribution in [3.8, 4) is 11.5 Å². The van der Waals surface area contributed by atoms with Gasteiger partial charge in [0.2, 0.25) is 0 Å². The van der Waals surface area contributed by atoms with Crippen molar-refractivity contribution < 1.29 is 4.74 Å². The monoisotopic (exact) mass is 338 g/mol. The Hall–Kier alpha value is -1.52. The smallest absolute Gasteiger partial charge is 0.128 e. The van der Waals surface area contributed by atoms with Gasteiger partial charge >= 0.3 is 0 Å². The molecule has 2 rings (SSSR count). The van der Waals surface area contributed by atoms with Crippen molar-refractivity contribution in [3.63, 3.8) is 0 Å². The molecular weight excluding hydrogens is 328 g/mol. The highest BCUT2D eigenvalue weighted by Gasteiger charge is 2.06. The third-order valence-corrected chi connectivity index (χ3v) is 3.68. The van der Waals surface area contributed by atoms with Crippen molar-refractivity contribution in [2.45, 2.75) is 6.92 Å². The molecule has 5 heteroatoms. The van der Waals surface area contributed by atoms with Crippen LogP contribution in [0.5, 0.6) is 11.5 Å². The predicted molar refractivity (Wildman–Crippen MR) is 81.4 cm³/mol. The number of nitrogen functional groups attached to an aromatic ring is 1. The first-order valence-electron chi connectivity index (χ1n) is 5.55. The molecule has 2 aromatic rings. The molecule has 0 aliphatic carbocycles. The summed E-state index contributed by atoms with van der Waals surface area (Å²) in [5.41, 5.74) is 7.05. The molecule has 0 radical (unpaired) electrons. The van der Waals surface area contributed by atoms with Crippen molar-refractivity contribution >= 4 is 33.4 Å². The van der Waals surface area contributed by atoms with Gasteiger partial charge < -0.3 is 10.5 Å². The minimum Gasteiger partial charge on any atom is -0.457 e. The summed E-state index contributed by atoms with van der Waals surface area (Å²) < 4.78 is 6.45. The minimum atomic E-state index is 0.0146. The Kier molecular flexibility index (Phi) is 4.12. The van der Waals surface area contributed by atoms with Crippen molar-refractivity contribution in [2.75, 3.05) is 0 Å². The summed E-state index contributed by atoms with van der Waals surface area (Å²) in [4.78, 5) is 0. The molecule has 3 nitrogen and oxygen atoms in total. The molecular formula is C14H12BrClN2O. The van der Waals surface area contributed by atoms with E-state index >= 15 is 0 Å². The Morgan fingerprint density at radius 3 is 2.42 bits per heavy atom. The van der Waals surface area contributed by atoms with Crippen LogP contribution in [-0.2, 0) is 0 Å². The average Bonchev–Trinajstić information content (AvgIpc) is 2.33. The van der Waals surface area contributed by atoms with Crippen LogP contribution < -0.4 is 10.5 Å². The highest BCUT2D eigenvalue weighted by atomic mass is 79.9. The van der Waals surface area contributed by atoms with Crippen molar-refractivity contribution in [3.05, 3.63) is 57.0 Å². The van der Waals surface area contributed by atoms with Gasteiger partial charge in [0.25, 0.3) is 0 Å². The number of hydrogen-bond acceptors (Lipinski definition) is 2. The van der Waals surface area contributed by atoms with Gasteiger partial charge in [-0.15, -0.1) is 0 Å². The Morgan fingerprint density at radius 2 is 1.84 bits per heavy atom. The van der Waals surface area contributed by atoms with Gasteiger partial charge in [0.15, 0.2) is 0 Å². The lowest BCUT2D eigenvalue weighted by Crippen LogP contribution is -2.11. The molecule has 0 atom stereocenters. The van der Waals surface area contributed by atoms with E-state index in [4.69, 9.17) is 27.5 Å². The Labute approximate surface area is 125 Å². The Morgan fingerprint density at radius 1 is 1.21 bits per heavy atom. The molecule has 3 N–H and O–H groups in total. The third kappa shape index (κ3) is 3.28. The number of halogens is 2. The molecule has 0 saturated heterocycles. The SMILES string of the molecule is Cc1cc(Oc2ccc(C(=N)N)c(Br)c2)ccc1Cl. The van der Waals surface area contributed by atoms with Gasteiger partial charge in [-0.05, 0) is 64.8 Å². The zero-order chi connectivity index (χ0) is 14.0. The van der Waals surface area contributed by atoms with E-state index < -0.39 is 0 Å². The second-order valence-electron chi connectivity index (χ2n) is 4.07. The van der Waals surface area contributed by atoms with Crippen LogP contribution in [0.2, 0.25) is 5.02 Å². The third-order valence-electron chi connectivity index (χ3n) is 2.60. The average molecular weight is 340 g/mol. The van der Waals surface area contributed by atoms with Crippen LogP contribution in [0.1, 0.15) is 11.1 Å². The van der Waals surface area contributed by atoms with Crippen molar-refractivity contribution in [2.24, 2.45) is 5.73 Å². The van der Waals surface area contributed by atoms with Crippen LogP contribution in [0.3, 0.4) is 0 Å². The molecule has 0 bridgehead atoms. The largest absolute Gasteiger partial charge is 0.457 e. The van der Waals surface area contributed by atoms with Crippen LogP contribution in [-0.4, -0.2) is 5.84 Å². The second-order valence-corrected chi connectivity index (χ2v) is 5.33. The van der Waals surface area contributed by atoms with E-state index in [0.29, 0.717) is 22.1 Å². The first-order valence-corrected chi connectivity index (χ1v) is 6.72. The van der Waals surface area contributed by atoms with Gasteiger partial charge in [-0.1, -0.05) is 11.6 Å². The summed E-state index contributed by atoms with van der Waals surface area (Å²) in [6, 6.07) is 10.8. The molecule has 0 amide bonds. The van der Waals surface area contributed by atoms with Crippen LogP contribution in [0, 0.1) is 12.3 Å². The van der Waals surface area contributed by atoms with Crippen LogP contribution in [0.25, 0.3) is 0 Å². The van der Waals surface area contributed by atoms with E-state index in [0.717, 1.165) is 10.0 Å². The van der Waals surface area contributed by atoms with E-state index in [1.165, 1.54) is 0 Å². The maximum absolute atomic E-state index is 7.41. The number of hydrogen-bond donors (Lipinski definition) is 2. The highest BCUT2D eigenvalue weighted by Crippen LogP contribution is 2.29. The number of rotatable bonds is 3. The van der Waals surface area contributed by atoms with Gasteiger partial charge in [-0.3, -0.25) is 5.41 Å². The Bertz CT molecular complexity index is 643. The van der Waals surface area contributed by atoms with Gasteiger partial charge in [-0.25, -0.2) is 0 Å². The number of benzene rings is 2. The molecule has 0 aromatic heterocycles. The fourth-order valence-corrected chi connectivity index (χ4v) is 2.28. The zero-order valence-corrected chi connectivity index (χ0v) is 12.5. The summed E-state index contributed by atoms with van der Waals surface area (Å²) in [6.07, 6.45) is 0. The molecule has 98 valence electrons. The van der Waals surface area contributed by atoms with Gasteiger partial charge in [-0.2, -0.15) is 0 Å². The normalized spacial score (nSPS) is 10.3. The summed E-state index contributed by atoms with van der Waals surface area (Å²) in [5.74, 6) is 1.39. The van der Waals surface area contributed by atoms with Crippen molar-refractivity contribution in [1.29, 1.82) is 5.41 Å². The zero-order valence-electron chi connectivity index (χ0n) is 10.2. The predicted octanol–water partition coefficient (Wildman–Crippen LogP) is 4.49. The lowest BCUT2D eigenvalue weighted by atomic mass is 10.2. The molecule has 0 fully saturated rings. The van der Waals surface area contributed by atoms with Crippen molar-refractivity contribution in [1.82, 2.24) is 0 Å². The maximum atomic E-state index is 7.41. The molecule has 0 spiro atoms. The van der Waals surface area contributed by atoms with Gasteiger partial charge in [0, 0.05) is 15.1 Å². The number of aryl methyl sites for hydroxylation is 1. The standard InChI is InChI=1S/C14H12BrClN2O/c1-8-6-9(3-5-13(8)16)19-10-2-4-11(14(17)18)12(15)7-10/h2-7H,1H3,(H3,17,18). The van der Waals surface area contributed by atoms with Crippen LogP contribution >= 0.6 is 27.5 Å². The van der Waals surface area contributed by atoms with E-state index in [9.17, 15) is 0 Å². The second kappa shape index (κ2) is 5.63. The number of amidine groups is 1. The maximum Gasteiger partial charge on any atom is 0.128 e. The van der Waals surface area contributed by atoms with E-state index in [-0.39, 0.29) is 5.84 Å². The molecule has 0 heterocycles. The first kappa shape index (κ1) is 13.9. The summed E-state index contributed by atoms with van der Waals surface area (Å²) in [5, 5.41) is 8.12. The van der Waals surface area contributed by atoms with Gasteiger partial charge in [0.1, 0.15) is 17.3 Å². The van der Waals surface area contributed by atoms with E-state index in [1.807, 2.05) is 19.1 Å². The number of nitrogens with one attached hydrogen (secondary N) is 1. The first-order chi connectivity index (χ1) is 8.97. The lowest BCUT2D eigenvalue weighted by molar-refractivity contribution is 0.482. The summed E-state index contributed by atoms with van der Waals surface area (Å²) >= 11 is 9.33. The van der Waals surface area contributed by atoms with E-state index in [1.54, 1.807) is 24.3 Å². The number of nitrogens with two attached hydrogens (primary N) is 1. The van der Waals surface area contributed by atoms with Crippen LogP contribution in [0.4, 0.5) is 0 Å². The molecule has 0 aliphatic rings. The molecule has 0 saturated carbocycles. The number of ether oxygens (including phenoxy) is 1. The Balaban J connectivity index is 2.26. The fourth-order valence-electron chi connectivity index (χ4n) is 1.59. The molecule has 0 unspecified atom stereocenters. The molecule has 19 heavy (non-hydrogen) atoms. The minimum absolute atomic E-state index is 0.0146. The molecule has 2 aromatic carbocycles. The summed E-state index contributed by atoms with van der Waals surface area (Å²) in [7, 11) is 0. The molecule has 0 aliphatic heterocycles. The quantitative estimate of drug-likeness (QED) is 0.639. The topological polar surface area (TPSA) is 59.1 Å². The van der Waals surface area contributed by atoms with Crippen LogP contribution in [0.15, 0.2) is 40.9 Å².